The molecule has 1 aliphatic carbocycles. The third kappa shape index (κ3) is 12.2. The normalized spacial score (nSPS) is 19.4. The van der Waals surface area contributed by atoms with Gasteiger partial charge in [0.25, 0.3) is 0 Å². The van der Waals surface area contributed by atoms with Gasteiger partial charge >= 0.3 is 24.1 Å². The summed E-state index contributed by atoms with van der Waals surface area (Å²) in [7, 11) is 0. The van der Waals surface area contributed by atoms with Gasteiger partial charge in [-0.15, -0.1) is 0 Å². The number of hydrogen-bond donors (Lipinski definition) is 3. The Bertz CT molecular complexity index is 913. The third-order valence-electron chi connectivity index (χ3n) is 4.31. The fourth-order valence-electron chi connectivity index (χ4n) is 3.22. The third-order valence-corrected chi connectivity index (χ3v) is 4.31. The Labute approximate surface area is 216 Å². The maximum absolute atomic E-state index is 12.5. The van der Waals surface area contributed by atoms with Crippen molar-refractivity contribution in [1.29, 1.82) is 0 Å². The second-order valence-corrected chi connectivity index (χ2v) is 10.2. The summed E-state index contributed by atoms with van der Waals surface area (Å²) in [5, 5.41) is 7.37. The first kappa shape index (κ1) is 31.4. The fourth-order valence-corrected chi connectivity index (χ4v) is 3.22. The lowest BCUT2D eigenvalue weighted by atomic mass is 9.88. The Hall–Kier alpha value is -3.64. The van der Waals surface area contributed by atoms with Crippen LogP contribution >= 0.6 is 0 Å². The zero-order valence-electron chi connectivity index (χ0n) is 22.8. The van der Waals surface area contributed by atoms with Crippen molar-refractivity contribution in [2.45, 2.75) is 98.1 Å². The number of carbonyl (C=O) groups excluding carboxylic acids is 5. The van der Waals surface area contributed by atoms with Crippen molar-refractivity contribution in [2.24, 2.45) is 4.99 Å². The molecule has 0 radical (unpaired) electrons. The lowest BCUT2D eigenvalue weighted by molar-refractivity contribution is -0.147. The highest BCUT2D eigenvalue weighted by atomic mass is 16.6. The highest BCUT2D eigenvalue weighted by Gasteiger charge is 2.39. The molecule has 0 aliphatic heterocycles. The number of rotatable bonds is 5. The summed E-state index contributed by atoms with van der Waals surface area (Å²) in [6.45, 7) is 14.1. The Balaban J connectivity index is 3.51. The van der Waals surface area contributed by atoms with Gasteiger partial charge in [0.2, 0.25) is 11.9 Å². The van der Waals surface area contributed by atoms with Crippen LogP contribution in [0.5, 0.6) is 0 Å². The van der Waals surface area contributed by atoms with Gasteiger partial charge in [0, 0.05) is 25.8 Å². The van der Waals surface area contributed by atoms with Crippen LogP contribution < -0.4 is 16.0 Å². The summed E-state index contributed by atoms with van der Waals surface area (Å²) < 4.78 is 20.9. The van der Waals surface area contributed by atoms with Gasteiger partial charge in [0.1, 0.15) is 17.3 Å². The first-order chi connectivity index (χ1) is 16.9. The minimum atomic E-state index is -1.09. The molecule has 0 aromatic carbocycles. The van der Waals surface area contributed by atoms with Gasteiger partial charge in [-0.3, -0.25) is 20.2 Å². The second-order valence-electron chi connectivity index (χ2n) is 10.2. The zero-order chi connectivity index (χ0) is 28.6. The summed E-state index contributed by atoms with van der Waals surface area (Å²) >= 11 is 0. The predicted molar refractivity (Wildman–Crippen MR) is 132 cm³/mol. The molecule has 0 aromatic heterocycles. The lowest BCUT2D eigenvalue weighted by Gasteiger charge is -2.34. The molecule has 0 heterocycles. The van der Waals surface area contributed by atoms with Crippen LogP contribution in [0, 0.1) is 0 Å². The molecular formula is C24H38N4O9. The van der Waals surface area contributed by atoms with Crippen molar-refractivity contribution < 1.29 is 42.9 Å². The Morgan fingerprint density at radius 3 is 1.86 bits per heavy atom. The average molecular weight is 527 g/mol. The van der Waals surface area contributed by atoms with E-state index in [0.717, 1.165) is 0 Å². The highest BCUT2D eigenvalue weighted by molar-refractivity contribution is 6.01. The van der Waals surface area contributed by atoms with E-state index in [4.69, 9.17) is 18.9 Å². The highest BCUT2D eigenvalue weighted by Crippen LogP contribution is 2.26. The Morgan fingerprint density at radius 1 is 0.946 bits per heavy atom. The summed E-state index contributed by atoms with van der Waals surface area (Å²) in [6, 6.07) is -1.94. The van der Waals surface area contributed by atoms with Crippen molar-refractivity contribution in [1.82, 2.24) is 16.0 Å². The molecule has 37 heavy (non-hydrogen) atoms. The van der Waals surface area contributed by atoms with Crippen LogP contribution in [0.25, 0.3) is 0 Å². The van der Waals surface area contributed by atoms with Gasteiger partial charge < -0.3 is 24.3 Å². The van der Waals surface area contributed by atoms with Gasteiger partial charge in [0.05, 0.1) is 18.7 Å². The van der Waals surface area contributed by atoms with E-state index in [2.05, 4.69) is 20.9 Å². The van der Waals surface area contributed by atoms with E-state index in [-0.39, 0.29) is 24.6 Å². The molecule has 1 aliphatic rings. The van der Waals surface area contributed by atoms with Crippen molar-refractivity contribution in [3.63, 3.8) is 0 Å². The summed E-state index contributed by atoms with van der Waals surface area (Å²) in [5.74, 6) is -2.15. The van der Waals surface area contributed by atoms with E-state index in [9.17, 15) is 24.0 Å². The number of aliphatic imine (C=N–C) groups is 1. The monoisotopic (exact) mass is 526 g/mol. The number of nitrogens with zero attached hydrogens (tertiary/aromatic N) is 1. The number of ether oxygens (including phenoxy) is 4. The molecule has 208 valence electrons. The molecule has 3 atom stereocenters. The average Bonchev–Trinajstić information content (AvgIpc) is 2.66. The van der Waals surface area contributed by atoms with Crippen LogP contribution in [0.3, 0.4) is 0 Å². The van der Waals surface area contributed by atoms with Gasteiger partial charge in [0.15, 0.2) is 0 Å². The number of amides is 3. The van der Waals surface area contributed by atoms with Crippen molar-refractivity contribution in [3.05, 3.63) is 11.6 Å². The van der Waals surface area contributed by atoms with Crippen LogP contribution in [0.4, 0.5) is 9.59 Å². The Kier molecular flexibility index (Phi) is 11.1. The molecule has 3 N–H and O–H groups in total. The molecule has 0 unspecified atom stereocenters. The van der Waals surface area contributed by atoms with E-state index >= 15 is 0 Å². The number of alkyl carbamates (subject to hydrolysis) is 2. The van der Waals surface area contributed by atoms with Gasteiger partial charge in [-0.25, -0.2) is 19.4 Å². The van der Waals surface area contributed by atoms with E-state index in [1.165, 1.54) is 19.9 Å². The summed E-state index contributed by atoms with van der Waals surface area (Å²) in [5.41, 5.74) is -1.58. The maximum Gasteiger partial charge on any atom is 0.414 e. The minimum Gasteiger partial charge on any atom is -0.463 e. The molecule has 3 amide bonds. The molecule has 1 rings (SSSR count). The minimum absolute atomic E-state index is 0.0724. The fraction of sp³-hybridized carbons (Fsp3) is 0.667. The molecule has 0 saturated heterocycles. The predicted octanol–water partition coefficient (Wildman–Crippen LogP) is 2.09. The summed E-state index contributed by atoms with van der Waals surface area (Å²) in [4.78, 5) is 65.6. The molecule has 13 heteroatoms. The van der Waals surface area contributed by atoms with Crippen molar-refractivity contribution in [3.8, 4) is 0 Å². The molecule has 0 aromatic rings. The molecule has 0 fully saturated rings. The Morgan fingerprint density at radius 2 is 1.46 bits per heavy atom. The number of nitrogens with one attached hydrogen (secondary N) is 3. The molecular weight excluding hydrogens is 488 g/mol. The second kappa shape index (κ2) is 13.1. The van der Waals surface area contributed by atoms with E-state index in [1.54, 1.807) is 48.5 Å². The first-order valence-electron chi connectivity index (χ1n) is 11.8. The standard InChI is InChI=1S/C24H38N4O9/c1-10-34-19(31)15-11-16(18(25-13(2)29)17(12-15)35-14(3)30)26-20(27-21(32)36-23(4,5)6)28-22(33)37-24(7,8)9/h12,16-18H,10-11H2,1-9H3,(H,25,29)(H2,26,27,28,32,33)/t16-,17+,18+/m0/s1. The van der Waals surface area contributed by atoms with Gasteiger partial charge in [-0.1, -0.05) is 0 Å². The van der Waals surface area contributed by atoms with Crippen LogP contribution in [0.1, 0.15) is 68.7 Å². The SMILES string of the molecule is CCOC(=O)C1=C[C@@H](OC(C)=O)[C@H](NC(C)=O)[C@@H](N=C(NC(=O)OC(C)(C)C)NC(=O)OC(C)(C)C)C1. The number of guanidine groups is 1. The van der Waals surface area contributed by atoms with Crippen LogP contribution in [-0.2, 0) is 33.3 Å². The van der Waals surface area contributed by atoms with E-state index in [1.807, 2.05) is 0 Å². The van der Waals surface area contributed by atoms with Gasteiger partial charge in [-0.2, -0.15) is 0 Å². The maximum atomic E-state index is 12.5. The van der Waals surface area contributed by atoms with E-state index in [0.29, 0.717) is 0 Å². The molecule has 13 nitrogen and oxygen atoms in total. The summed E-state index contributed by atoms with van der Waals surface area (Å²) in [6.07, 6.45) is -1.63. The molecule has 0 bridgehead atoms. The number of hydrogen-bond acceptors (Lipinski definition) is 10. The van der Waals surface area contributed by atoms with Crippen molar-refractivity contribution in [2.75, 3.05) is 6.61 Å². The number of esters is 2. The first-order valence-corrected chi connectivity index (χ1v) is 11.8. The smallest absolute Gasteiger partial charge is 0.414 e. The van der Waals surface area contributed by atoms with Crippen molar-refractivity contribution >= 4 is 36.0 Å². The zero-order valence-corrected chi connectivity index (χ0v) is 22.8. The molecule has 0 spiro atoms. The number of carbonyl (C=O) groups is 5. The van der Waals surface area contributed by atoms with Crippen LogP contribution in [0.15, 0.2) is 16.6 Å². The van der Waals surface area contributed by atoms with E-state index < -0.39 is 59.4 Å². The lowest BCUT2D eigenvalue weighted by Crippen LogP contribution is -2.55. The van der Waals surface area contributed by atoms with Crippen LogP contribution in [-0.4, -0.2) is 72.0 Å². The molecule has 0 saturated carbocycles. The van der Waals surface area contributed by atoms with Gasteiger partial charge in [-0.05, 0) is 54.5 Å². The largest absolute Gasteiger partial charge is 0.463 e. The topological polar surface area (TPSA) is 171 Å². The van der Waals surface area contributed by atoms with Crippen LogP contribution in [0.2, 0.25) is 0 Å². The quantitative estimate of drug-likeness (QED) is 0.210.